The Kier molecular flexibility index (Phi) is 3.32. The average Bonchev–Trinajstić information content (AvgIpc) is 3.03. The molecular weight excluding hydrogens is 386 g/mol. The van der Waals surface area contributed by atoms with Crippen LogP contribution in [0.5, 0.6) is 0 Å². The Hall–Kier alpha value is -3.55. The molecule has 8 nitrogen and oxygen atoms in total. The molecule has 2 amide bonds. The Bertz CT molecular complexity index is 1140. The van der Waals surface area contributed by atoms with Crippen LogP contribution < -0.4 is 0 Å². The molecular formula is C22H17N3O5. The van der Waals surface area contributed by atoms with E-state index in [0.717, 1.165) is 17.9 Å². The highest BCUT2D eigenvalue weighted by atomic mass is 16.6. The molecule has 3 aliphatic carbocycles. The molecule has 0 radical (unpaired) electrons. The third-order valence-corrected chi connectivity index (χ3v) is 7.10. The molecule has 2 aromatic rings. The minimum atomic E-state index is -0.468. The number of hydrazone groups is 1. The summed E-state index contributed by atoms with van der Waals surface area (Å²) >= 11 is 0. The molecule has 6 rings (SSSR count). The molecule has 0 N–H and O–H groups in total. The molecule has 1 aliphatic heterocycles. The first kappa shape index (κ1) is 17.3. The van der Waals surface area contributed by atoms with Gasteiger partial charge in [0, 0.05) is 17.7 Å². The van der Waals surface area contributed by atoms with Crippen LogP contribution >= 0.6 is 0 Å². The molecule has 1 aromatic carbocycles. The van der Waals surface area contributed by atoms with Crippen molar-refractivity contribution in [3.05, 3.63) is 64.4 Å². The van der Waals surface area contributed by atoms with Crippen LogP contribution in [0, 0.1) is 39.2 Å². The van der Waals surface area contributed by atoms with Gasteiger partial charge in [0.15, 0.2) is 0 Å². The Balaban J connectivity index is 1.23. The van der Waals surface area contributed by atoms with Crippen molar-refractivity contribution in [2.45, 2.75) is 12.8 Å². The summed E-state index contributed by atoms with van der Waals surface area (Å²) in [5.74, 6) is 0.0856. The summed E-state index contributed by atoms with van der Waals surface area (Å²) in [5.41, 5.74) is 0.685. The predicted molar refractivity (Wildman–Crippen MR) is 105 cm³/mol. The summed E-state index contributed by atoms with van der Waals surface area (Å²) in [6.45, 7) is 0. The van der Waals surface area contributed by atoms with Crippen molar-refractivity contribution in [1.29, 1.82) is 0 Å². The maximum Gasteiger partial charge on any atom is 0.270 e. The van der Waals surface area contributed by atoms with Crippen LogP contribution in [0.15, 0.2) is 58.1 Å². The Labute approximate surface area is 171 Å². The smallest absolute Gasteiger partial charge is 0.270 e. The van der Waals surface area contributed by atoms with E-state index in [1.807, 2.05) is 0 Å². The lowest BCUT2D eigenvalue weighted by molar-refractivity contribution is -0.384. The summed E-state index contributed by atoms with van der Waals surface area (Å²) in [5, 5.41) is 16.1. The van der Waals surface area contributed by atoms with E-state index < -0.39 is 4.92 Å². The minimum absolute atomic E-state index is 0.0319. The minimum Gasteiger partial charge on any atom is -0.455 e. The topological polar surface area (TPSA) is 106 Å². The zero-order valence-corrected chi connectivity index (χ0v) is 15.8. The van der Waals surface area contributed by atoms with Gasteiger partial charge in [-0.1, -0.05) is 24.3 Å². The average molecular weight is 403 g/mol. The lowest BCUT2D eigenvalue weighted by Gasteiger charge is -2.18. The quantitative estimate of drug-likeness (QED) is 0.256. The van der Waals surface area contributed by atoms with E-state index in [1.54, 1.807) is 24.3 Å². The number of non-ortho nitro benzene ring substituents is 1. The molecule has 4 atom stereocenters. The van der Waals surface area contributed by atoms with Crippen LogP contribution in [-0.2, 0) is 9.59 Å². The van der Waals surface area contributed by atoms with Gasteiger partial charge in [-0.25, -0.2) is 0 Å². The molecule has 30 heavy (non-hydrogen) atoms. The Morgan fingerprint density at radius 3 is 2.43 bits per heavy atom. The van der Waals surface area contributed by atoms with E-state index >= 15 is 0 Å². The third-order valence-electron chi connectivity index (χ3n) is 7.10. The normalized spacial score (nSPS) is 30.1. The number of benzene rings is 1. The first-order valence-electron chi connectivity index (χ1n) is 9.94. The maximum absolute atomic E-state index is 12.9. The standard InChI is InChI=1S/C22H17N3O5/c26-20-18-15-5-6-16(22(15)8-9-22)19(18)21(27)24(20)23-11-14-4-7-17(30-14)12-2-1-3-13(10-12)25(28)29/h1-7,10-11,15-16,18-19H,8-9H2/b23-11-/t15-,16-,18+,19+/m1/s1. The van der Waals surface area contributed by atoms with Gasteiger partial charge in [0.1, 0.15) is 11.5 Å². The first-order valence-corrected chi connectivity index (χ1v) is 9.94. The van der Waals surface area contributed by atoms with Gasteiger partial charge in [-0.15, -0.1) is 0 Å². The monoisotopic (exact) mass is 403 g/mol. The zero-order chi connectivity index (χ0) is 20.6. The van der Waals surface area contributed by atoms with E-state index in [2.05, 4.69) is 17.3 Å². The molecule has 2 bridgehead atoms. The van der Waals surface area contributed by atoms with Gasteiger partial charge in [-0.3, -0.25) is 19.7 Å². The number of carbonyl (C=O) groups excluding carboxylic acids is 2. The molecule has 0 unspecified atom stereocenters. The predicted octanol–water partition coefficient (Wildman–Crippen LogP) is 3.39. The van der Waals surface area contributed by atoms with Gasteiger partial charge in [-0.05, 0) is 42.2 Å². The highest BCUT2D eigenvalue weighted by molar-refractivity contribution is 6.07. The van der Waals surface area contributed by atoms with Gasteiger partial charge in [0.25, 0.3) is 17.5 Å². The van der Waals surface area contributed by atoms with Gasteiger partial charge in [0.05, 0.1) is 23.0 Å². The van der Waals surface area contributed by atoms with Gasteiger partial charge in [-0.2, -0.15) is 10.1 Å². The van der Waals surface area contributed by atoms with Crippen LogP contribution in [0.2, 0.25) is 0 Å². The van der Waals surface area contributed by atoms with Gasteiger partial charge in [0.2, 0.25) is 0 Å². The number of rotatable bonds is 4. The number of nitro groups is 1. The summed E-state index contributed by atoms with van der Waals surface area (Å²) in [6.07, 6.45) is 7.78. The number of imide groups is 1. The van der Waals surface area contributed by atoms with E-state index in [4.69, 9.17) is 4.42 Å². The molecule has 1 spiro atoms. The molecule has 2 heterocycles. The Morgan fingerprint density at radius 2 is 1.80 bits per heavy atom. The Morgan fingerprint density at radius 1 is 1.10 bits per heavy atom. The van der Waals surface area contributed by atoms with E-state index in [-0.39, 0.29) is 46.6 Å². The number of hydrogen-bond acceptors (Lipinski definition) is 6. The summed E-state index contributed by atoms with van der Waals surface area (Å²) in [7, 11) is 0. The largest absolute Gasteiger partial charge is 0.455 e. The maximum atomic E-state index is 12.9. The molecule has 150 valence electrons. The molecule has 1 saturated heterocycles. The second-order valence-electron chi connectivity index (χ2n) is 8.46. The van der Waals surface area contributed by atoms with Crippen LogP contribution in [0.1, 0.15) is 18.6 Å². The van der Waals surface area contributed by atoms with Crippen LogP contribution in [0.4, 0.5) is 5.69 Å². The number of allylic oxidation sites excluding steroid dienone is 2. The fourth-order valence-corrected chi connectivity index (χ4v) is 5.64. The number of nitro benzene ring substituents is 1. The number of amides is 2. The lowest BCUT2D eigenvalue weighted by Crippen LogP contribution is -2.30. The van der Waals surface area contributed by atoms with Crippen LogP contribution in [-0.4, -0.2) is 28.0 Å². The highest BCUT2D eigenvalue weighted by Gasteiger charge is 2.73. The SMILES string of the molecule is O=C1[C@@H]2[C@@H](C(=O)N1/N=C\c1ccc(-c3cccc([N+](=O)[O-])c3)o1)[C@H]1C=C[C@H]2C12CC2. The van der Waals surface area contributed by atoms with Crippen LogP contribution in [0.25, 0.3) is 11.3 Å². The van der Waals surface area contributed by atoms with E-state index in [9.17, 15) is 19.7 Å². The van der Waals surface area contributed by atoms with Crippen molar-refractivity contribution >= 4 is 23.7 Å². The van der Waals surface area contributed by atoms with Crippen molar-refractivity contribution in [2.24, 2.45) is 34.2 Å². The number of hydrogen-bond donors (Lipinski definition) is 0. The van der Waals surface area contributed by atoms with E-state index in [1.165, 1.54) is 18.3 Å². The first-order chi connectivity index (χ1) is 14.5. The van der Waals surface area contributed by atoms with Crippen LogP contribution in [0.3, 0.4) is 0 Å². The second-order valence-corrected chi connectivity index (χ2v) is 8.46. The number of nitrogens with zero attached hydrogens (tertiary/aromatic N) is 3. The fourth-order valence-electron chi connectivity index (χ4n) is 5.64. The van der Waals surface area contributed by atoms with Gasteiger partial charge >= 0.3 is 0 Å². The van der Waals surface area contributed by atoms with Crippen molar-refractivity contribution in [1.82, 2.24) is 5.01 Å². The molecule has 2 saturated carbocycles. The number of fused-ring (bicyclic) bond motifs is 3. The van der Waals surface area contributed by atoms with Gasteiger partial charge < -0.3 is 4.42 Å². The molecule has 8 heteroatoms. The fraction of sp³-hybridized carbons (Fsp3) is 0.318. The summed E-state index contributed by atoms with van der Waals surface area (Å²) < 4.78 is 5.69. The summed E-state index contributed by atoms with van der Waals surface area (Å²) in [6, 6.07) is 9.43. The molecule has 4 aliphatic rings. The highest BCUT2D eigenvalue weighted by Crippen LogP contribution is 2.73. The number of carbonyl (C=O) groups is 2. The van der Waals surface area contributed by atoms with E-state index in [0.29, 0.717) is 17.1 Å². The number of furan rings is 1. The third kappa shape index (κ3) is 2.18. The lowest BCUT2D eigenvalue weighted by atomic mass is 9.85. The van der Waals surface area contributed by atoms with Crippen molar-refractivity contribution < 1.29 is 18.9 Å². The zero-order valence-electron chi connectivity index (χ0n) is 15.8. The molecule has 3 fully saturated rings. The second kappa shape index (κ2) is 5.75. The van der Waals surface area contributed by atoms with Crippen molar-refractivity contribution in [3.8, 4) is 11.3 Å². The molecule has 1 aromatic heterocycles. The summed E-state index contributed by atoms with van der Waals surface area (Å²) in [4.78, 5) is 36.3. The van der Waals surface area contributed by atoms with Crippen molar-refractivity contribution in [2.75, 3.05) is 0 Å². The van der Waals surface area contributed by atoms with Crippen molar-refractivity contribution in [3.63, 3.8) is 0 Å².